The number of benzene rings is 1. The lowest BCUT2D eigenvalue weighted by Crippen LogP contribution is -2.41. The van der Waals surface area contributed by atoms with Crippen LogP contribution in [-0.2, 0) is 29.6 Å². The van der Waals surface area contributed by atoms with Gasteiger partial charge in [-0.05, 0) is 44.5 Å². The molecule has 0 spiro atoms. The number of rotatable bonds is 6. The molecule has 1 unspecified atom stereocenters. The Balaban J connectivity index is 1.80. The first-order valence-corrected chi connectivity index (χ1v) is 12.3. The standard InChI is InChI=1S/C18H22N4O7S2/c1-10-7-14(22-18(24)11(2)9-30(22,25)26)5-6-15(10)31(27,28)21-13(4)17(23)19-16-8-12(3)29-20-16/h5-8,11,13,21H,9H2,1-4H3,(H,19,20,23)/t11?,13-/m0/s1. The molecule has 0 bridgehead atoms. The second-order valence-electron chi connectivity index (χ2n) is 7.39. The lowest BCUT2D eigenvalue weighted by Gasteiger charge is -2.18. The monoisotopic (exact) mass is 470 g/mol. The SMILES string of the molecule is Cc1cc(NC(=O)[C@H](C)NS(=O)(=O)c2ccc(N3C(=O)C(C)CS3(=O)=O)cc2C)no1. The number of carbonyl (C=O) groups is 2. The zero-order valence-corrected chi connectivity index (χ0v) is 18.9. The first-order chi connectivity index (χ1) is 14.3. The van der Waals surface area contributed by atoms with Gasteiger partial charge in [0.2, 0.25) is 31.9 Å². The summed E-state index contributed by atoms with van der Waals surface area (Å²) in [6.45, 7) is 5.99. The normalized spacial score (nSPS) is 19.4. The molecule has 0 saturated carbocycles. The molecule has 0 aliphatic carbocycles. The summed E-state index contributed by atoms with van der Waals surface area (Å²) in [5, 5.41) is 6.05. The van der Waals surface area contributed by atoms with E-state index in [2.05, 4.69) is 15.2 Å². The highest BCUT2D eigenvalue weighted by Gasteiger charge is 2.42. The molecule has 1 aliphatic heterocycles. The molecule has 1 aromatic heterocycles. The van der Waals surface area contributed by atoms with Gasteiger partial charge in [-0.25, -0.2) is 21.1 Å². The van der Waals surface area contributed by atoms with Crippen LogP contribution < -0.4 is 14.3 Å². The molecular weight excluding hydrogens is 448 g/mol. The molecule has 1 aromatic carbocycles. The molecule has 2 atom stereocenters. The van der Waals surface area contributed by atoms with Crippen LogP contribution in [0, 0.1) is 19.8 Å². The van der Waals surface area contributed by atoms with Crippen molar-refractivity contribution in [2.45, 2.75) is 38.6 Å². The van der Waals surface area contributed by atoms with E-state index >= 15 is 0 Å². The van der Waals surface area contributed by atoms with E-state index in [1.807, 2.05) is 0 Å². The average Bonchev–Trinajstić information content (AvgIpc) is 3.13. The van der Waals surface area contributed by atoms with Gasteiger partial charge >= 0.3 is 0 Å². The highest BCUT2D eigenvalue weighted by atomic mass is 32.2. The molecule has 2 N–H and O–H groups in total. The van der Waals surface area contributed by atoms with Crippen molar-refractivity contribution in [1.29, 1.82) is 0 Å². The van der Waals surface area contributed by atoms with Gasteiger partial charge < -0.3 is 9.84 Å². The smallest absolute Gasteiger partial charge is 0.244 e. The van der Waals surface area contributed by atoms with Gasteiger partial charge in [0.05, 0.1) is 28.3 Å². The van der Waals surface area contributed by atoms with E-state index < -0.39 is 43.8 Å². The summed E-state index contributed by atoms with van der Waals surface area (Å²) < 4.78 is 57.9. The maximum Gasteiger partial charge on any atom is 0.244 e. The fraction of sp³-hybridized carbons (Fsp3) is 0.389. The van der Waals surface area contributed by atoms with E-state index in [1.165, 1.54) is 45.0 Å². The zero-order chi connectivity index (χ0) is 23.1. The molecular formula is C18H22N4O7S2. The summed E-state index contributed by atoms with van der Waals surface area (Å²) in [4.78, 5) is 24.4. The first-order valence-electron chi connectivity index (χ1n) is 9.26. The number of nitrogens with zero attached hydrogens (tertiary/aromatic N) is 2. The third-order valence-corrected chi connectivity index (χ3v) is 8.22. The number of carbonyl (C=O) groups excluding carboxylic acids is 2. The quantitative estimate of drug-likeness (QED) is 0.631. The van der Waals surface area contributed by atoms with E-state index in [9.17, 15) is 26.4 Å². The van der Waals surface area contributed by atoms with Crippen molar-refractivity contribution in [1.82, 2.24) is 9.88 Å². The topological polar surface area (TPSA) is 156 Å². The van der Waals surface area contributed by atoms with Crippen LogP contribution in [0.4, 0.5) is 11.5 Å². The predicted molar refractivity (Wildman–Crippen MR) is 111 cm³/mol. The van der Waals surface area contributed by atoms with Gasteiger partial charge in [0.15, 0.2) is 5.82 Å². The lowest BCUT2D eigenvalue weighted by molar-refractivity contribution is -0.119. The Morgan fingerprint density at radius 3 is 2.48 bits per heavy atom. The van der Waals surface area contributed by atoms with Crippen LogP contribution in [-0.4, -0.2) is 45.6 Å². The summed E-state index contributed by atoms with van der Waals surface area (Å²) in [5.74, 6) is -1.56. The van der Waals surface area contributed by atoms with Crippen molar-refractivity contribution in [3.05, 3.63) is 35.6 Å². The fourth-order valence-corrected chi connectivity index (χ4v) is 6.40. The van der Waals surface area contributed by atoms with Crippen molar-refractivity contribution in [2.75, 3.05) is 15.4 Å². The van der Waals surface area contributed by atoms with Gasteiger partial charge in [-0.3, -0.25) is 9.59 Å². The number of anilines is 2. The number of nitrogens with one attached hydrogen (secondary N) is 2. The minimum Gasteiger partial charge on any atom is -0.360 e. The highest BCUT2D eigenvalue weighted by Crippen LogP contribution is 2.30. The van der Waals surface area contributed by atoms with Gasteiger partial charge in [0.1, 0.15) is 5.76 Å². The van der Waals surface area contributed by atoms with E-state index in [1.54, 1.807) is 6.92 Å². The summed E-state index contributed by atoms with van der Waals surface area (Å²) in [7, 11) is -7.93. The number of hydrogen-bond acceptors (Lipinski definition) is 8. The van der Waals surface area contributed by atoms with Crippen molar-refractivity contribution in [3.63, 3.8) is 0 Å². The Morgan fingerprint density at radius 2 is 1.97 bits per heavy atom. The molecule has 2 heterocycles. The van der Waals surface area contributed by atoms with Crippen molar-refractivity contribution in [3.8, 4) is 0 Å². The Kier molecular flexibility index (Phi) is 5.95. The Morgan fingerprint density at radius 1 is 1.29 bits per heavy atom. The van der Waals surface area contributed by atoms with Crippen LogP contribution in [0.5, 0.6) is 0 Å². The fourth-order valence-electron chi connectivity index (χ4n) is 3.16. The van der Waals surface area contributed by atoms with E-state index in [-0.39, 0.29) is 27.7 Å². The van der Waals surface area contributed by atoms with Crippen molar-refractivity contribution in [2.24, 2.45) is 5.92 Å². The largest absolute Gasteiger partial charge is 0.360 e. The molecule has 0 radical (unpaired) electrons. The number of amides is 2. The molecule has 1 fully saturated rings. The highest BCUT2D eigenvalue weighted by molar-refractivity contribution is 7.94. The Labute approximate surface area is 179 Å². The second-order valence-corrected chi connectivity index (χ2v) is 10.9. The Bertz CT molecular complexity index is 1250. The molecule has 2 aromatic rings. The average molecular weight is 471 g/mol. The maximum atomic E-state index is 12.8. The van der Waals surface area contributed by atoms with Gasteiger partial charge in [-0.2, -0.15) is 4.72 Å². The maximum absolute atomic E-state index is 12.8. The van der Waals surface area contributed by atoms with Crippen molar-refractivity contribution >= 4 is 43.4 Å². The van der Waals surface area contributed by atoms with Crippen molar-refractivity contribution < 1.29 is 30.9 Å². The summed E-state index contributed by atoms with van der Waals surface area (Å²) in [5.41, 5.74) is 0.283. The molecule has 2 amide bonds. The van der Waals surface area contributed by atoms with Gasteiger partial charge in [0, 0.05) is 6.07 Å². The van der Waals surface area contributed by atoms with Gasteiger partial charge in [0.25, 0.3) is 0 Å². The second kappa shape index (κ2) is 8.05. The molecule has 13 heteroatoms. The van der Waals surface area contributed by atoms with Crippen LogP contribution >= 0.6 is 0 Å². The van der Waals surface area contributed by atoms with Crippen LogP contribution in [0.3, 0.4) is 0 Å². The van der Waals surface area contributed by atoms with Crippen LogP contribution in [0.25, 0.3) is 0 Å². The zero-order valence-electron chi connectivity index (χ0n) is 17.2. The third-order valence-electron chi connectivity index (χ3n) is 4.65. The summed E-state index contributed by atoms with van der Waals surface area (Å²) in [6.07, 6.45) is 0. The minimum atomic E-state index is -4.12. The van der Waals surface area contributed by atoms with Crippen LogP contribution in [0.1, 0.15) is 25.2 Å². The summed E-state index contributed by atoms with van der Waals surface area (Å²) >= 11 is 0. The van der Waals surface area contributed by atoms with Gasteiger partial charge in [-0.1, -0.05) is 12.1 Å². The molecule has 11 nitrogen and oxygen atoms in total. The molecule has 3 rings (SSSR count). The molecule has 168 valence electrons. The molecule has 31 heavy (non-hydrogen) atoms. The predicted octanol–water partition coefficient (Wildman–Crippen LogP) is 0.909. The van der Waals surface area contributed by atoms with E-state index in [0.717, 1.165) is 0 Å². The van der Waals surface area contributed by atoms with Crippen LogP contribution in [0.15, 0.2) is 33.7 Å². The Hall–Kier alpha value is -2.77. The lowest BCUT2D eigenvalue weighted by atomic mass is 10.2. The van der Waals surface area contributed by atoms with E-state index in [0.29, 0.717) is 10.1 Å². The molecule has 1 aliphatic rings. The number of aryl methyl sites for hydroxylation is 2. The van der Waals surface area contributed by atoms with Gasteiger partial charge in [-0.15, -0.1) is 0 Å². The minimum absolute atomic E-state index is 0.0676. The molecule has 1 saturated heterocycles. The number of hydrogen-bond donors (Lipinski definition) is 2. The summed E-state index contributed by atoms with van der Waals surface area (Å²) in [6, 6.07) is 4.10. The van der Waals surface area contributed by atoms with E-state index in [4.69, 9.17) is 4.52 Å². The first kappa shape index (κ1) is 22.9. The number of aromatic nitrogens is 1. The third kappa shape index (κ3) is 4.62. The van der Waals surface area contributed by atoms with Crippen LogP contribution in [0.2, 0.25) is 0 Å². The number of sulfonamides is 2.